The van der Waals surface area contributed by atoms with Gasteiger partial charge in [-0.05, 0) is 77.2 Å². The molecule has 4 aliphatic rings. The van der Waals surface area contributed by atoms with Crippen LogP contribution in [0.2, 0.25) is 0 Å². The Morgan fingerprint density at radius 3 is 2.19 bits per heavy atom. The normalized spacial score (nSPS) is 25.0. The van der Waals surface area contributed by atoms with Crippen LogP contribution in [-0.2, 0) is 29.4 Å². The van der Waals surface area contributed by atoms with Crippen LogP contribution < -0.4 is 20.7 Å². The van der Waals surface area contributed by atoms with Gasteiger partial charge < -0.3 is 25.6 Å². The van der Waals surface area contributed by atoms with Crippen LogP contribution in [0.25, 0.3) is 11.1 Å². The topological polar surface area (TPSA) is 134 Å². The van der Waals surface area contributed by atoms with E-state index in [1.54, 1.807) is 4.90 Å². The fourth-order valence-electron chi connectivity index (χ4n) is 7.26. The van der Waals surface area contributed by atoms with Gasteiger partial charge in [-0.1, -0.05) is 71.0 Å². The Hall–Kier alpha value is -4.21. The smallest absolute Gasteiger partial charge is 0.289 e. The highest BCUT2D eigenvalue weighted by atomic mass is 16.5. The third kappa shape index (κ3) is 6.92. The van der Waals surface area contributed by atoms with Crippen molar-refractivity contribution in [2.24, 2.45) is 23.2 Å². The van der Waals surface area contributed by atoms with Gasteiger partial charge >= 0.3 is 0 Å². The molecule has 0 unspecified atom stereocenters. The van der Waals surface area contributed by atoms with Crippen LogP contribution in [0.4, 0.5) is 0 Å². The molecule has 47 heavy (non-hydrogen) atoms. The lowest BCUT2D eigenvalue weighted by Crippen LogP contribution is -2.56. The molecule has 250 valence electrons. The summed E-state index contributed by atoms with van der Waals surface area (Å²) in [5.41, 5.74) is 3.32. The Labute approximate surface area is 276 Å². The number of Topliss-reactive ketones (excluding diaryl/α,β-unsaturated/α-hetero) is 1. The predicted molar refractivity (Wildman–Crippen MR) is 176 cm³/mol. The molecule has 4 amide bonds. The number of fused-ring (bicyclic) bond motifs is 1. The van der Waals surface area contributed by atoms with Crippen molar-refractivity contribution in [3.8, 4) is 16.9 Å². The Morgan fingerprint density at radius 2 is 1.62 bits per heavy atom. The SMILES string of the molecule is CC(C)(C)c1ccc(-c2ccc(OCC(=O)N3C[C@H]4[C@@H]([C@H]3C(=O)N[C@@H](C[C@@H]3CCNC3=O)C(=O)C(=O)NC3CC3)C4(C)C)cc2)cc1. The molecular weight excluding hydrogens is 596 g/mol. The maximum atomic E-state index is 13.9. The fraction of sp³-hybridized carbons (Fsp3) is 0.541. The third-order valence-corrected chi connectivity index (χ3v) is 10.6. The lowest BCUT2D eigenvalue weighted by molar-refractivity contribution is -0.144. The summed E-state index contributed by atoms with van der Waals surface area (Å²) in [7, 11) is 0. The number of ketones is 1. The predicted octanol–water partition coefficient (Wildman–Crippen LogP) is 3.37. The highest BCUT2D eigenvalue weighted by molar-refractivity contribution is 6.38. The molecule has 6 rings (SSSR count). The van der Waals surface area contributed by atoms with Gasteiger partial charge in [-0.25, -0.2) is 0 Å². The van der Waals surface area contributed by atoms with Crippen molar-refractivity contribution in [3.05, 3.63) is 54.1 Å². The van der Waals surface area contributed by atoms with Crippen LogP contribution in [0, 0.1) is 23.2 Å². The zero-order chi connectivity index (χ0) is 33.7. The van der Waals surface area contributed by atoms with Crippen LogP contribution in [0.15, 0.2) is 48.5 Å². The van der Waals surface area contributed by atoms with Gasteiger partial charge in [0, 0.05) is 25.0 Å². The number of carbonyl (C=O) groups is 5. The van der Waals surface area contributed by atoms with Crippen LogP contribution in [0.5, 0.6) is 5.75 Å². The van der Waals surface area contributed by atoms with Crippen molar-refractivity contribution in [1.82, 2.24) is 20.9 Å². The number of hydrogen-bond acceptors (Lipinski definition) is 6. The number of nitrogens with zero attached hydrogens (tertiary/aromatic N) is 1. The fourth-order valence-corrected chi connectivity index (χ4v) is 7.26. The van der Waals surface area contributed by atoms with E-state index in [1.165, 1.54) is 5.56 Å². The number of ether oxygens (including phenoxy) is 1. The van der Waals surface area contributed by atoms with E-state index in [-0.39, 0.29) is 53.5 Å². The van der Waals surface area contributed by atoms with Gasteiger partial charge in [0.15, 0.2) is 6.61 Å². The maximum absolute atomic E-state index is 13.9. The first-order valence-electron chi connectivity index (χ1n) is 16.8. The average molecular weight is 643 g/mol. The number of likely N-dealkylation sites (tertiary alicyclic amines) is 1. The van der Waals surface area contributed by atoms with Crippen molar-refractivity contribution in [2.45, 2.75) is 83.8 Å². The molecule has 2 aromatic rings. The van der Waals surface area contributed by atoms with E-state index in [9.17, 15) is 24.0 Å². The first kappa shape index (κ1) is 32.7. The Bertz CT molecular complexity index is 1560. The van der Waals surface area contributed by atoms with Crippen LogP contribution in [-0.4, -0.2) is 72.1 Å². The largest absolute Gasteiger partial charge is 0.484 e. The Morgan fingerprint density at radius 1 is 0.979 bits per heavy atom. The maximum Gasteiger partial charge on any atom is 0.289 e. The van der Waals surface area contributed by atoms with Gasteiger partial charge in [-0.15, -0.1) is 0 Å². The summed E-state index contributed by atoms with van der Waals surface area (Å²) in [6.45, 7) is 11.4. The zero-order valence-electron chi connectivity index (χ0n) is 27.9. The molecule has 10 heteroatoms. The highest BCUT2D eigenvalue weighted by Crippen LogP contribution is 2.64. The monoisotopic (exact) mass is 642 g/mol. The summed E-state index contributed by atoms with van der Waals surface area (Å²) in [5.74, 6) is -2.38. The number of carbonyl (C=O) groups excluding carboxylic acids is 5. The van der Waals surface area contributed by atoms with Gasteiger partial charge in [0.1, 0.15) is 11.8 Å². The molecule has 0 aromatic heterocycles. The van der Waals surface area contributed by atoms with Crippen LogP contribution >= 0.6 is 0 Å². The second kappa shape index (κ2) is 12.4. The molecule has 2 saturated heterocycles. The van der Waals surface area contributed by atoms with Crippen molar-refractivity contribution >= 4 is 29.4 Å². The molecule has 10 nitrogen and oxygen atoms in total. The summed E-state index contributed by atoms with van der Waals surface area (Å²) in [6.07, 6.45) is 2.19. The molecule has 0 spiro atoms. The lowest BCUT2D eigenvalue weighted by atomic mass is 9.86. The van der Waals surface area contributed by atoms with E-state index >= 15 is 0 Å². The third-order valence-electron chi connectivity index (χ3n) is 10.6. The summed E-state index contributed by atoms with van der Waals surface area (Å²) in [5, 5.41) is 8.26. The highest BCUT2D eigenvalue weighted by Gasteiger charge is 2.69. The first-order valence-corrected chi connectivity index (χ1v) is 16.8. The van der Waals surface area contributed by atoms with E-state index in [1.807, 2.05) is 24.3 Å². The number of nitrogens with one attached hydrogen (secondary N) is 3. The number of piperidine rings is 1. The Kier molecular flexibility index (Phi) is 8.65. The quantitative estimate of drug-likeness (QED) is 0.322. The number of rotatable bonds is 11. The molecule has 2 aliphatic carbocycles. The molecular formula is C37H46N4O6. The van der Waals surface area contributed by atoms with E-state index in [2.05, 4.69) is 74.8 Å². The van der Waals surface area contributed by atoms with Crippen molar-refractivity contribution in [1.29, 1.82) is 0 Å². The standard InChI is InChI=1S/C37H46N4O6/c1-36(2,3)24-10-6-21(7-11-24)22-8-14-26(15-9-22)47-20-29(42)41-19-27-30(37(27,4)5)31(41)34(45)40-28(18-23-16-17-38-33(23)44)32(43)35(46)39-25-12-13-25/h6-11,14-15,23,25,27-28,30-31H,12-13,16-20H2,1-5H3,(H,38,44)(H,39,46)(H,40,45)/t23-,27-,28-,30-,31-/m0/s1. The molecule has 2 heterocycles. The second-order valence-electron chi connectivity index (χ2n) is 15.3. The van der Waals surface area contributed by atoms with E-state index in [0.717, 1.165) is 24.0 Å². The summed E-state index contributed by atoms with van der Waals surface area (Å²) >= 11 is 0. The van der Waals surface area contributed by atoms with Crippen molar-refractivity contribution < 1.29 is 28.7 Å². The van der Waals surface area contributed by atoms with E-state index in [0.29, 0.717) is 25.3 Å². The Balaban J connectivity index is 1.11. The van der Waals surface area contributed by atoms with Gasteiger partial charge in [0.05, 0.1) is 6.04 Å². The van der Waals surface area contributed by atoms with E-state index in [4.69, 9.17) is 4.74 Å². The number of benzene rings is 2. The minimum Gasteiger partial charge on any atom is -0.484 e. The summed E-state index contributed by atoms with van der Waals surface area (Å²) in [6, 6.07) is 14.1. The summed E-state index contributed by atoms with van der Waals surface area (Å²) in [4.78, 5) is 67.3. The molecule has 3 N–H and O–H groups in total. The van der Waals surface area contributed by atoms with Crippen molar-refractivity contribution in [2.75, 3.05) is 19.7 Å². The molecule has 4 fully saturated rings. The molecule has 0 bridgehead atoms. The second-order valence-corrected chi connectivity index (χ2v) is 15.3. The van der Waals surface area contributed by atoms with Crippen LogP contribution in [0.3, 0.4) is 0 Å². The first-order chi connectivity index (χ1) is 22.2. The van der Waals surface area contributed by atoms with Gasteiger partial charge in [0.2, 0.25) is 17.6 Å². The number of amides is 4. The molecule has 2 aliphatic heterocycles. The molecule has 2 saturated carbocycles. The number of hydrogen-bond donors (Lipinski definition) is 3. The van der Waals surface area contributed by atoms with Gasteiger partial charge in [-0.3, -0.25) is 24.0 Å². The molecule has 5 atom stereocenters. The summed E-state index contributed by atoms with van der Waals surface area (Å²) < 4.78 is 5.88. The molecule has 0 radical (unpaired) electrons. The minimum atomic E-state index is -1.16. The zero-order valence-corrected chi connectivity index (χ0v) is 27.9. The van der Waals surface area contributed by atoms with Crippen molar-refractivity contribution in [3.63, 3.8) is 0 Å². The average Bonchev–Trinajstić information content (AvgIpc) is 3.80. The molecule has 2 aromatic carbocycles. The van der Waals surface area contributed by atoms with E-state index < -0.39 is 35.6 Å². The minimum absolute atomic E-state index is 0.0234. The van der Waals surface area contributed by atoms with Gasteiger partial charge in [0.25, 0.3) is 11.8 Å². The lowest BCUT2D eigenvalue weighted by Gasteiger charge is -2.31. The van der Waals surface area contributed by atoms with Crippen LogP contribution in [0.1, 0.15) is 65.9 Å². The van der Waals surface area contributed by atoms with Gasteiger partial charge in [-0.2, -0.15) is 0 Å².